The molecule has 2 fully saturated rings. The Balaban J connectivity index is 1.52. The van der Waals surface area contributed by atoms with E-state index in [1.807, 2.05) is 0 Å². The van der Waals surface area contributed by atoms with Crippen LogP contribution < -0.4 is 0 Å². The van der Waals surface area contributed by atoms with Crippen LogP contribution in [0.4, 0.5) is 0 Å². The van der Waals surface area contributed by atoms with Crippen LogP contribution in [0.25, 0.3) is 0 Å². The van der Waals surface area contributed by atoms with Crippen LogP contribution in [0.3, 0.4) is 0 Å². The molecular formula is C17H25NO. The van der Waals surface area contributed by atoms with Gasteiger partial charge in [0.1, 0.15) is 0 Å². The van der Waals surface area contributed by atoms with Gasteiger partial charge in [0.15, 0.2) is 0 Å². The average Bonchev–Trinajstić information content (AvgIpc) is 2.46. The number of rotatable bonds is 2. The van der Waals surface area contributed by atoms with Gasteiger partial charge in [0.2, 0.25) is 0 Å². The standard InChI is InChI=1S/C17H25NO/c19-16-6-8-17(9-7-16)10-12-18(13-11-17)14-15-4-2-1-3-5-15/h1-5,16,19H,6-14H2. The second-order valence-electron chi connectivity index (χ2n) is 6.49. The van der Waals surface area contributed by atoms with Crippen LogP contribution in [0.2, 0.25) is 0 Å². The summed E-state index contributed by atoms with van der Waals surface area (Å²) < 4.78 is 0. The number of aliphatic hydroxyl groups excluding tert-OH is 1. The van der Waals surface area contributed by atoms with Crippen LogP contribution >= 0.6 is 0 Å². The second kappa shape index (κ2) is 5.64. The molecule has 3 rings (SSSR count). The third kappa shape index (κ3) is 3.18. The summed E-state index contributed by atoms with van der Waals surface area (Å²) in [5.41, 5.74) is 1.99. The Bertz CT molecular complexity index is 385. The summed E-state index contributed by atoms with van der Waals surface area (Å²) in [6.07, 6.45) is 7.17. The first kappa shape index (κ1) is 13.1. The zero-order chi connectivity index (χ0) is 13.1. The van der Waals surface area contributed by atoms with Crippen LogP contribution in [0, 0.1) is 5.41 Å². The normalized spacial score (nSPS) is 24.7. The smallest absolute Gasteiger partial charge is 0.0540 e. The lowest BCUT2D eigenvalue weighted by Gasteiger charge is -2.45. The van der Waals surface area contributed by atoms with Gasteiger partial charge in [0.25, 0.3) is 0 Å². The molecule has 2 nitrogen and oxygen atoms in total. The van der Waals surface area contributed by atoms with Gasteiger partial charge in [-0.2, -0.15) is 0 Å². The summed E-state index contributed by atoms with van der Waals surface area (Å²) in [5, 5.41) is 9.66. The number of hydrogen-bond donors (Lipinski definition) is 1. The number of hydrogen-bond acceptors (Lipinski definition) is 2. The lowest BCUT2D eigenvalue weighted by molar-refractivity contribution is 0.0155. The monoisotopic (exact) mass is 259 g/mol. The number of aliphatic hydroxyl groups is 1. The molecule has 1 heterocycles. The number of likely N-dealkylation sites (tertiary alicyclic amines) is 1. The van der Waals surface area contributed by atoms with Crippen molar-refractivity contribution in [2.45, 2.75) is 51.2 Å². The molecule has 1 N–H and O–H groups in total. The molecule has 0 aromatic heterocycles. The summed E-state index contributed by atoms with van der Waals surface area (Å²) in [6, 6.07) is 10.8. The van der Waals surface area contributed by atoms with Gasteiger partial charge in [-0.1, -0.05) is 30.3 Å². The van der Waals surface area contributed by atoms with Gasteiger partial charge in [-0.15, -0.1) is 0 Å². The Labute approximate surface area is 116 Å². The fourth-order valence-corrected chi connectivity index (χ4v) is 3.74. The van der Waals surface area contributed by atoms with Crippen LogP contribution in [0.15, 0.2) is 30.3 Å². The first-order chi connectivity index (χ1) is 9.26. The van der Waals surface area contributed by atoms with E-state index in [0.717, 1.165) is 19.4 Å². The minimum Gasteiger partial charge on any atom is -0.393 e. The van der Waals surface area contributed by atoms with E-state index in [-0.39, 0.29) is 6.10 Å². The summed E-state index contributed by atoms with van der Waals surface area (Å²) in [5.74, 6) is 0. The van der Waals surface area contributed by atoms with Gasteiger partial charge in [-0.3, -0.25) is 4.90 Å². The van der Waals surface area contributed by atoms with E-state index in [0.29, 0.717) is 5.41 Å². The van der Waals surface area contributed by atoms with E-state index in [1.54, 1.807) is 0 Å². The Morgan fingerprint density at radius 3 is 2.26 bits per heavy atom. The molecule has 1 saturated heterocycles. The maximum Gasteiger partial charge on any atom is 0.0540 e. The Morgan fingerprint density at radius 2 is 1.63 bits per heavy atom. The maximum atomic E-state index is 9.66. The van der Waals surface area contributed by atoms with Crippen molar-refractivity contribution in [3.63, 3.8) is 0 Å². The highest BCUT2D eigenvalue weighted by Gasteiger charge is 2.37. The van der Waals surface area contributed by atoms with E-state index in [1.165, 1.54) is 44.3 Å². The summed E-state index contributed by atoms with van der Waals surface area (Å²) >= 11 is 0. The molecule has 1 spiro atoms. The third-order valence-electron chi connectivity index (χ3n) is 5.18. The first-order valence-corrected chi connectivity index (χ1v) is 7.70. The van der Waals surface area contributed by atoms with Crippen molar-refractivity contribution >= 4 is 0 Å². The zero-order valence-corrected chi connectivity index (χ0v) is 11.7. The highest BCUT2D eigenvalue weighted by molar-refractivity contribution is 5.14. The highest BCUT2D eigenvalue weighted by Crippen LogP contribution is 2.44. The topological polar surface area (TPSA) is 23.5 Å². The molecule has 2 aliphatic rings. The average molecular weight is 259 g/mol. The summed E-state index contributed by atoms with van der Waals surface area (Å²) in [7, 11) is 0. The van der Waals surface area contributed by atoms with E-state index >= 15 is 0 Å². The van der Waals surface area contributed by atoms with Crippen LogP contribution in [0.1, 0.15) is 44.1 Å². The summed E-state index contributed by atoms with van der Waals surface area (Å²) in [6.45, 7) is 3.55. The Morgan fingerprint density at radius 1 is 1.00 bits per heavy atom. The van der Waals surface area contributed by atoms with Crippen LogP contribution in [-0.2, 0) is 6.54 Å². The van der Waals surface area contributed by atoms with Gasteiger partial charge in [0, 0.05) is 6.54 Å². The van der Waals surface area contributed by atoms with Gasteiger partial charge >= 0.3 is 0 Å². The van der Waals surface area contributed by atoms with E-state index in [4.69, 9.17) is 0 Å². The molecule has 0 amide bonds. The molecular weight excluding hydrogens is 234 g/mol. The molecule has 1 aliphatic heterocycles. The van der Waals surface area contributed by atoms with E-state index < -0.39 is 0 Å². The fraction of sp³-hybridized carbons (Fsp3) is 0.647. The molecule has 1 saturated carbocycles. The number of benzene rings is 1. The molecule has 1 aromatic carbocycles. The van der Waals surface area contributed by atoms with E-state index in [9.17, 15) is 5.11 Å². The SMILES string of the molecule is OC1CCC2(CC1)CCN(Cc1ccccc1)CC2. The fourth-order valence-electron chi connectivity index (χ4n) is 3.74. The van der Waals surface area contributed by atoms with Gasteiger partial charge in [-0.25, -0.2) is 0 Å². The molecule has 0 bridgehead atoms. The quantitative estimate of drug-likeness (QED) is 0.881. The molecule has 0 atom stereocenters. The highest BCUT2D eigenvalue weighted by atomic mass is 16.3. The third-order valence-corrected chi connectivity index (χ3v) is 5.18. The maximum absolute atomic E-state index is 9.66. The van der Waals surface area contributed by atoms with Crippen molar-refractivity contribution in [1.82, 2.24) is 4.90 Å². The minimum absolute atomic E-state index is 0.0204. The van der Waals surface area contributed by atoms with Gasteiger partial charge in [-0.05, 0) is 62.6 Å². The Hall–Kier alpha value is -0.860. The molecule has 0 unspecified atom stereocenters. The van der Waals surface area contributed by atoms with Crippen LogP contribution in [0.5, 0.6) is 0 Å². The Kier molecular flexibility index (Phi) is 3.90. The lowest BCUT2D eigenvalue weighted by atomic mass is 9.67. The first-order valence-electron chi connectivity index (χ1n) is 7.70. The van der Waals surface area contributed by atoms with Crippen molar-refractivity contribution in [2.24, 2.45) is 5.41 Å². The minimum atomic E-state index is -0.0204. The van der Waals surface area contributed by atoms with Crippen molar-refractivity contribution < 1.29 is 5.11 Å². The predicted octanol–water partition coefficient (Wildman–Crippen LogP) is 3.20. The molecule has 104 valence electrons. The molecule has 19 heavy (non-hydrogen) atoms. The molecule has 0 radical (unpaired) electrons. The van der Waals surface area contributed by atoms with Crippen LogP contribution in [-0.4, -0.2) is 29.2 Å². The summed E-state index contributed by atoms with van der Waals surface area (Å²) in [4.78, 5) is 2.59. The zero-order valence-electron chi connectivity index (χ0n) is 11.7. The largest absolute Gasteiger partial charge is 0.393 e. The van der Waals surface area contributed by atoms with Crippen molar-refractivity contribution in [3.8, 4) is 0 Å². The van der Waals surface area contributed by atoms with Gasteiger partial charge < -0.3 is 5.11 Å². The molecule has 1 aromatic rings. The lowest BCUT2D eigenvalue weighted by Crippen LogP contribution is -2.42. The van der Waals surface area contributed by atoms with Crippen molar-refractivity contribution in [3.05, 3.63) is 35.9 Å². The number of nitrogens with zero attached hydrogens (tertiary/aromatic N) is 1. The number of piperidine rings is 1. The van der Waals surface area contributed by atoms with E-state index in [2.05, 4.69) is 35.2 Å². The van der Waals surface area contributed by atoms with Crippen molar-refractivity contribution in [2.75, 3.05) is 13.1 Å². The molecule has 1 aliphatic carbocycles. The van der Waals surface area contributed by atoms with Gasteiger partial charge in [0.05, 0.1) is 6.10 Å². The molecule has 2 heteroatoms. The second-order valence-corrected chi connectivity index (χ2v) is 6.49. The van der Waals surface area contributed by atoms with Crippen molar-refractivity contribution in [1.29, 1.82) is 0 Å². The predicted molar refractivity (Wildman–Crippen MR) is 77.9 cm³/mol.